The Morgan fingerprint density at radius 1 is 1.12 bits per heavy atom. The Bertz CT molecular complexity index is 1440. The molecule has 0 aliphatic carbocycles. The number of halogens is 1. The monoisotopic (exact) mass is 492 g/mol. The van der Waals surface area contributed by atoms with Gasteiger partial charge in [-0.2, -0.15) is 5.10 Å². The van der Waals surface area contributed by atoms with Crippen LogP contribution < -0.4 is 5.01 Å². The SMILES string of the molecule is COC(=O)c1ncccc1CN1N=C(c2ccc(Cl)cc2)c2c(sc(C)c2C)-n2c(C)nnc21. The average molecular weight is 493 g/mol. The summed E-state index contributed by atoms with van der Waals surface area (Å²) < 4.78 is 6.95. The van der Waals surface area contributed by atoms with Gasteiger partial charge in [0, 0.05) is 32.8 Å². The molecule has 4 aromatic rings. The maximum absolute atomic E-state index is 12.3. The van der Waals surface area contributed by atoms with Crippen molar-refractivity contribution in [1.29, 1.82) is 0 Å². The highest BCUT2D eigenvalue weighted by molar-refractivity contribution is 7.15. The maximum atomic E-state index is 12.3. The zero-order valence-corrected chi connectivity index (χ0v) is 20.6. The second-order valence-corrected chi connectivity index (χ2v) is 9.50. The molecule has 1 aromatic carbocycles. The Morgan fingerprint density at radius 2 is 1.88 bits per heavy atom. The van der Waals surface area contributed by atoms with E-state index in [9.17, 15) is 4.79 Å². The number of hydrazone groups is 1. The van der Waals surface area contributed by atoms with Gasteiger partial charge in [-0.25, -0.2) is 14.8 Å². The molecular weight excluding hydrogens is 472 g/mol. The summed E-state index contributed by atoms with van der Waals surface area (Å²) in [5.41, 5.74) is 4.79. The fourth-order valence-corrected chi connectivity index (χ4v) is 5.27. The highest BCUT2D eigenvalue weighted by Crippen LogP contribution is 2.38. The molecule has 0 atom stereocenters. The number of hydrogen-bond donors (Lipinski definition) is 0. The van der Waals surface area contributed by atoms with Gasteiger partial charge >= 0.3 is 5.97 Å². The van der Waals surface area contributed by atoms with E-state index >= 15 is 0 Å². The van der Waals surface area contributed by atoms with E-state index in [4.69, 9.17) is 21.4 Å². The lowest BCUT2D eigenvalue weighted by molar-refractivity contribution is 0.0592. The minimum absolute atomic E-state index is 0.238. The van der Waals surface area contributed by atoms with Gasteiger partial charge in [0.05, 0.1) is 13.7 Å². The number of esters is 1. The van der Waals surface area contributed by atoms with Gasteiger partial charge in [-0.3, -0.25) is 4.57 Å². The van der Waals surface area contributed by atoms with Gasteiger partial charge in [-0.05, 0) is 44.5 Å². The number of aromatic nitrogens is 4. The van der Waals surface area contributed by atoms with E-state index in [1.807, 2.05) is 41.8 Å². The maximum Gasteiger partial charge on any atom is 0.357 e. The van der Waals surface area contributed by atoms with Crippen molar-refractivity contribution in [3.63, 3.8) is 0 Å². The zero-order valence-electron chi connectivity index (χ0n) is 19.0. The predicted molar refractivity (Wildman–Crippen MR) is 132 cm³/mol. The van der Waals surface area contributed by atoms with Crippen LogP contribution in [0.5, 0.6) is 0 Å². The number of carbonyl (C=O) groups excluding carboxylic acids is 1. The van der Waals surface area contributed by atoms with Crippen LogP contribution >= 0.6 is 22.9 Å². The summed E-state index contributed by atoms with van der Waals surface area (Å²) in [6.45, 7) is 6.37. The summed E-state index contributed by atoms with van der Waals surface area (Å²) in [7, 11) is 1.34. The summed E-state index contributed by atoms with van der Waals surface area (Å²) in [5, 5.41) is 17.3. The van der Waals surface area contributed by atoms with Crippen LogP contribution in [0.25, 0.3) is 5.00 Å². The molecule has 10 heteroatoms. The number of rotatable bonds is 4. The first-order valence-corrected chi connectivity index (χ1v) is 11.8. The van der Waals surface area contributed by atoms with Crippen molar-refractivity contribution in [1.82, 2.24) is 19.7 Å². The van der Waals surface area contributed by atoms with Crippen molar-refractivity contribution in [2.24, 2.45) is 5.10 Å². The first-order chi connectivity index (χ1) is 16.4. The number of thiophene rings is 1. The summed E-state index contributed by atoms with van der Waals surface area (Å²) >= 11 is 7.85. The van der Waals surface area contributed by atoms with Crippen LogP contribution in [-0.2, 0) is 11.3 Å². The predicted octanol–water partition coefficient (Wildman–Crippen LogP) is 4.86. The van der Waals surface area contributed by atoms with Crippen molar-refractivity contribution in [2.75, 3.05) is 12.1 Å². The Kier molecular flexibility index (Phi) is 5.66. The molecule has 0 saturated carbocycles. The largest absolute Gasteiger partial charge is 0.464 e. The third-order valence-electron chi connectivity index (χ3n) is 5.77. The van der Waals surface area contributed by atoms with Gasteiger partial charge in [0.15, 0.2) is 5.69 Å². The number of hydrogen-bond acceptors (Lipinski definition) is 8. The van der Waals surface area contributed by atoms with Crippen molar-refractivity contribution in [2.45, 2.75) is 27.3 Å². The van der Waals surface area contributed by atoms with Crippen molar-refractivity contribution in [3.05, 3.63) is 86.3 Å². The van der Waals surface area contributed by atoms with Gasteiger partial charge < -0.3 is 4.74 Å². The highest BCUT2D eigenvalue weighted by atomic mass is 35.5. The summed E-state index contributed by atoms with van der Waals surface area (Å²) in [6.07, 6.45) is 1.57. The highest BCUT2D eigenvalue weighted by Gasteiger charge is 2.31. The van der Waals surface area contributed by atoms with Gasteiger partial charge in [0.1, 0.15) is 16.5 Å². The van der Waals surface area contributed by atoms with E-state index < -0.39 is 5.97 Å². The number of ether oxygens (including phenoxy) is 1. The van der Waals surface area contributed by atoms with Crippen molar-refractivity contribution in [3.8, 4) is 5.00 Å². The molecule has 0 amide bonds. The number of aryl methyl sites for hydroxylation is 2. The number of anilines is 1. The molecule has 0 radical (unpaired) electrons. The second kappa shape index (κ2) is 8.66. The quantitative estimate of drug-likeness (QED) is 0.378. The first-order valence-electron chi connectivity index (χ1n) is 10.6. The van der Waals surface area contributed by atoms with Crippen LogP contribution in [0.15, 0.2) is 47.7 Å². The molecule has 0 fully saturated rings. The van der Waals surface area contributed by atoms with Crippen LogP contribution in [0.1, 0.15) is 43.4 Å². The average Bonchev–Trinajstić information content (AvgIpc) is 3.31. The van der Waals surface area contributed by atoms with E-state index in [0.717, 1.165) is 33.2 Å². The molecule has 34 heavy (non-hydrogen) atoms. The van der Waals surface area contributed by atoms with Crippen LogP contribution in [-0.4, -0.2) is 38.5 Å². The van der Waals surface area contributed by atoms with E-state index in [1.165, 1.54) is 12.0 Å². The molecule has 1 aliphatic heterocycles. The number of pyridine rings is 1. The Hall–Kier alpha value is -3.56. The lowest BCUT2D eigenvalue weighted by Gasteiger charge is -2.19. The molecule has 0 unspecified atom stereocenters. The number of nitrogens with zero attached hydrogens (tertiary/aromatic N) is 6. The number of fused-ring (bicyclic) bond motifs is 3. The van der Waals surface area contributed by atoms with Gasteiger partial charge in [-0.15, -0.1) is 21.5 Å². The van der Waals surface area contributed by atoms with Crippen LogP contribution in [0, 0.1) is 20.8 Å². The molecule has 4 heterocycles. The third kappa shape index (κ3) is 3.66. The molecule has 0 bridgehead atoms. The Labute approximate surface area is 205 Å². The number of carbonyl (C=O) groups is 1. The van der Waals surface area contributed by atoms with Crippen molar-refractivity contribution >= 4 is 40.6 Å². The molecule has 0 saturated heterocycles. The summed E-state index contributed by atoms with van der Waals surface area (Å²) in [4.78, 5) is 17.8. The zero-order chi connectivity index (χ0) is 24.0. The van der Waals surface area contributed by atoms with Gasteiger partial charge in [-0.1, -0.05) is 29.8 Å². The molecular formula is C24H21ClN6O2S. The minimum atomic E-state index is -0.504. The fourth-order valence-electron chi connectivity index (χ4n) is 3.94. The van der Waals surface area contributed by atoms with Gasteiger partial charge in [0.25, 0.3) is 5.95 Å². The molecule has 0 N–H and O–H groups in total. The van der Waals surface area contributed by atoms with E-state index in [-0.39, 0.29) is 12.2 Å². The van der Waals surface area contributed by atoms with Crippen LogP contribution in [0.4, 0.5) is 5.95 Å². The number of methoxy groups -OCH3 is 1. The minimum Gasteiger partial charge on any atom is -0.464 e. The van der Waals surface area contributed by atoms with E-state index in [1.54, 1.807) is 28.6 Å². The molecule has 1 aliphatic rings. The van der Waals surface area contributed by atoms with E-state index in [2.05, 4.69) is 29.0 Å². The molecule has 0 spiro atoms. The molecule has 5 rings (SSSR count). The Balaban J connectivity index is 1.74. The second-order valence-electron chi connectivity index (χ2n) is 7.86. The lowest BCUT2D eigenvalue weighted by Crippen LogP contribution is -2.22. The van der Waals surface area contributed by atoms with Gasteiger partial charge in [0.2, 0.25) is 0 Å². The lowest BCUT2D eigenvalue weighted by atomic mass is 10.00. The normalized spacial score (nSPS) is 12.6. The Morgan fingerprint density at radius 3 is 2.62 bits per heavy atom. The third-order valence-corrected chi connectivity index (χ3v) is 7.22. The molecule has 3 aromatic heterocycles. The smallest absolute Gasteiger partial charge is 0.357 e. The topological polar surface area (TPSA) is 85.5 Å². The standard InChI is InChI=1S/C24H21ClN6O2S/c1-13-14(2)34-22-19(13)20(16-7-9-18(25)10-8-16)29-30(24-28-27-15(3)31(22)24)12-17-6-5-11-26-21(17)23(32)33-4/h5-11H,12H2,1-4H3. The number of benzene rings is 1. The van der Waals surface area contributed by atoms with Crippen LogP contribution in [0.3, 0.4) is 0 Å². The van der Waals surface area contributed by atoms with E-state index in [0.29, 0.717) is 16.5 Å². The van der Waals surface area contributed by atoms with Crippen LogP contribution in [0.2, 0.25) is 5.02 Å². The first kappa shape index (κ1) is 22.2. The molecule has 172 valence electrons. The molecule has 8 nitrogen and oxygen atoms in total. The fraction of sp³-hybridized carbons (Fsp3) is 0.208. The summed E-state index contributed by atoms with van der Waals surface area (Å²) in [5.74, 6) is 0.800. The van der Waals surface area contributed by atoms with Crippen molar-refractivity contribution < 1.29 is 9.53 Å². The summed E-state index contributed by atoms with van der Waals surface area (Å²) in [6, 6.07) is 11.2.